The van der Waals surface area contributed by atoms with Gasteiger partial charge in [-0.1, -0.05) is 0 Å². The van der Waals surface area contributed by atoms with Gasteiger partial charge < -0.3 is 19.8 Å². The molecule has 0 spiro atoms. The van der Waals surface area contributed by atoms with Crippen molar-refractivity contribution in [2.24, 2.45) is 5.73 Å². The Hall–Kier alpha value is -1.11. The summed E-state index contributed by atoms with van der Waals surface area (Å²) < 4.78 is 30.1. The van der Waals surface area contributed by atoms with Gasteiger partial charge in [0.15, 0.2) is 0 Å². The summed E-state index contributed by atoms with van der Waals surface area (Å²) in [4.78, 5) is 0. The number of halogens is 1. The van der Waals surface area contributed by atoms with E-state index in [4.69, 9.17) is 19.8 Å². The van der Waals surface area contributed by atoms with Crippen LogP contribution in [-0.4, -0.2) is 33.0 Å². The summed E-state index contributed by atoms with van der Waals surface area (Å²) in [6.07, 6.45) is 2.40. The van der Waals surface area contributed by atoms with Gasteiger partial charge in [-0.3, -0.25) is 0 Å². The average molecular weight is 223 g/mol. The molecule has 4 nitrogen and oxygen atoms in total. The van der Waals surface area contributed by atoms with E-state index >= 15 is 0 Å². The predicted molar refractivity (Wildman–Crippen MR) is 55.9 cm³/mol. The van der Waals surface area contributed by atoms with Crippen molar-refractivity contribution in [2.75, 3.05) is 19.8 Å². The van der Waals surface area contributed by atoms with E-state index in [2.05, 4.69) is 0 Å². The van der Waals surface area contributed by atoms with Crippen LogP contribution >= 0.6 is 0 Å². The van der Waals surface area contributed by atoms with E-state index in [1.54, 1.807) is 6.08 Å². The van der Waals surface area contributed by atoms with Crippen LogP contribution in [0.2, 0.25) is 0 Å². The van der Waals surface area contributed by atoms with Crippen molar-refractivity contribution in [1.29, 1.82) is 0 Å². The quantitative estimate of drug-likeness (QED) is 0.656. The molecule has 0 saturated carbocycles. The fourth-order valence-corrected chi connectivity index (χ4v) is 2.15. The standard InChI is InChI=1S/C10H11BFNO3/c12-10-7-1-2-14-4-6-5-15-11(9(6)7)16-8(10)3-13/h1-2,8H,3-5,13H2. The lowest BCUT2D eigenvalue weighted by molar-refractivity contribution is 0.156. The topological polar surface area (TPSA) is 53.7 Å². The molecule has 0 fully saturated rings. The summed E-state index contributed by atoms with van der Waals surface area (Å²) in [5.41, 5.74) is 7.68. The van der Waals surface area contributed by atoms with Crippen LogP contribution in [0.15, 0.2) is 34.8 Å². The van der Waals surface area contributed by atoms with Gasteiger partial charge in [-0.15, -0.1) is 0 Å². The Labute approximate surface area is 92.7 Å². The van der Waals surface area contributed by atoms with Gasteiger partial charge in [0.2, 0.25) is 0 Å². The van der Waals surface area contributed by atoms with E-state index in [1.807, 2.05) is 0 Å². The van der Waals surface area contributed by atoms with E-state index in [9.17, 15) is 4.39 Å². The van der Waals surface area contributed by atoms with E-state index < -0.39 is 13.2 Å². The lowest BCUT2D eigenvalue weighted by Gasteiger charge is -2.25. The fourth-order valence-electron chi connectivity index (χ4n) is 2.15. The first-order valence-corrected chi connectivity index (χ1v) is 5.18. The number of ether oxygens (including phenoxy) is 1. The van der Waals surface area contributed by atoms with Crippen LogP contribution in [0.1, 0.15) is 0 Å². The first kappa shape index (κ1) is 10.1. The molecular weight excluding hydrogens is 212 g/mol. The molecule has 0 saturated heterocycles. The van der Waals surface area contributed by atoms with Gasteiger partial charge >= 0.3 is 7.12 Å². The maximum Gasteiger partial charge on any atom is 0.495 e. The van der Waals surface area contributed by atoms with Crippen molar-refractivity contribution in [3.05, 3.63) is 34.8 Å². The predicted octanol–water partition coefficient (Wildman–Crippen LogP) is 0.466. The molecule has 3 aliphatic rings. The number of rotatable bonds is 1. The summed E-state index contributed by atoms with van der Waals surface area (Å²) in [5.74, 6) is -0.335. The van der Waals surface area contributed by atoms with Gasteiger partial charge in [0, 0.05) is 12.1 Å². The molecule has 3 heterocycles. The maximum absolute atomic E-state index is 14.0. The van der Waals surface area contributed by atoms with Crippen molar-refractivity contribution in [1.82, 2.24) is 0 Å². The van der Waals surface area contributed by atoms with Gasteiger partial charge in [0.25, 0.3) is 0 Å². The molecule has 3 aliphatic heterocycles. The minimum atomic E-state index is -0.717. The molecule has 2 N–H and O–H groups in total. The monoisotopic (exact) mass is 223 g/mol. The Morgan fingerprint density at radius 2 is 2.38 bits per heavy atom. The smallest absolute Gasteiger partial charge is 0.495 e. The van der Waals surface area contributed by atoms with Crippen molar-refractivity contribution in [2.45, 2.75) is 6.10 Å². The SMILES string of the molecule is NCC1OB2OCC3=C2C(=C1F)C=COC3. The van der Waals surface area contributed by atoms with E-state index in [0.717, 1.165) is 11.0 Å². The van der Waals surface area contributed by atoms with E-state index in [1.165, 1.54) is 6.26 Å². The third kappa shape index (κ3) is 1.34. The first-order valence-electron chi connectivity index (χ1n) is 5.18. The third-order valence-electron chi connectivity index (χ3n) is 2.95. The van der Waals surface area contributed by atoms with Crippen LogP contribution in [-0.2, 0) is 14.0 Å². The number of hydrogen-bond donors (Lipinski definition) is 1. The number of hydrogen-bond acceptors (Lipinski definition) is 4. The van der Waals surface area contributed by atoms with Gasteiger partial charge in [0.1, 0.15) is 18.5 Å². The Kier molecular flexibility index (Phi) is 2.35. The highest BCUT2D eigenvalue weighted by Crippen LogP contribution is 2.37. The molecule has 0 aromatic heterocycles. The van der Waals surface area contributed by atoms with E-state index in [-0.39, 0.29) is 12.4 Å². The lowest BCUT2D eigenvalue weighted by Crippen LogP contribution is -2.38. The van der Waals surface area contributed by atoms with Gasteiger partial charge in [-0.25, -0.2) is 4.39 Å². The minimum absolute atomic E-state index is 0.104. The highest BCUT2D eigenvalue weighted by molar-refractivity contribution is 6.57. The molecule has 0 radical (unpaired) electrons. The molecule has 0 aromatic rings. The Balaban J connectivity index is 2.13. The Morgan fingerprint density at radius 3 is 3.19 bits per heavy atom. The van der Waals surface area contributed by atoms with Crippen LogP contribution in [0.5, 0.6) is 0 Å². The molecule has 6 heteroatoms. The van der Waals surface area contributed by atoms with Crippen molar-refractivity contribution >= 4 is 7.12 Å². The van der Waals surface area contributed by atoms with Crippen molar-refractivity contribution < 1.29 is 18.4 Å². The second-order valence-corrected chi connectivity index (χ2v) is 3.90. The number of allylic oxidation sites excluding steroid dienone is 3. The highest BCUT2D eigenvalue weighted by atomic mass is 19.1. The lowest BCUT2D eigenvalue weighted by atomic mass is 9.70. The third-order valence-corrected chi connectivity index (χ3v) is 2.95. The van der Waals surface area contributed by atoms with Crippen LogP contribution < -0.4 is 5.73 Å². The normalized spacial score (nSPS) is 28.1. The zero-order chi connectivity index (χ0) is 11.1. The Bertz CT molecular complexity index is 418. The van der Waals surface area contributed by atoms with Crippen LogP contribution in [0.3, 0.4) is 0 Å². The van der Waals surface area contributed by atoms with Gasteiger partial charge in [-0.05, 0) is 17.1 Å². The largest absolute Gasteiger partial charge is 0.497 e. The van der Waals surface area contributed by atoms with Gasteiger partial charge in [-0.2, -0.15) is 0 Å². The first-order chi connectivity index (χ1) is 7.81. The molecule has 0 aliphatic carbocycles. The molecule has 1 unspecified atom stereocenters. The highest BCUT2D eigenvalue weighted by Gasteiger charge is 2.43. The molecule has 0 amide bonds. The molecule has 84 valence electrons. The average Bonchev–Trinajstić information content (AvgIpc) is 2.57. The molecule has 0 aromatic carbocycles. The summed E-state index contributed by atoms with van der Waals surface area (Å²) in [5, 5.41) is 0. The maximum atomic E-state index is 14.0. The molecular formula is C10H11BFNO3. The summed E-state index contributed by atoms with van der Waals surface area (Å²) in [6.45, 7) is 0.956. The van der Waals surface area contributed by atoms with Gasteiger partial charge in [0.05, 0.1) is 12.9 Å². The second kappa shape index (κ2) is 3.73. The number of nitrogens with two attached hydrogens (primary N) is 1. The summed E-state index contributed by atoms with van der Waals surface area (Å²) >= 11 is 0. The molecule has 1 atom stereocenters. The summed E-state index contributed by atoms with van der Waals surface area (Å²) in [6, 6.07) is 0. The fraction of sp³-hybridized carbons (Fsp3) is 0.400. The zero-order valence-electron chi connectivity index (χ0n) is 8.61. The molecule has 16 heavy (non-hydrogen) atoms. The minimum Gasteiger partial charge on any atom is -0.497 e. The molecule has 3 rings (SSSR count). The second-order valence-electron chi connectivity index (χ2n) is 3.90. The van der Waals surface area contributed by atoms with Crippen LogP contribution in [0, 0.1) is 0 Å². The Morgan fingerprint density at radius 1 is 1.50 bits per heavy atom. The summed E-state index contributed by atoms with van der Waals surface area (Å²) in [7, 11) is -0.496. The van der Waals surface area contributed by atoms with Crippen molar-refractivity contribution in [3.63, 3.8) is 0 Å². The van der Waals surface area contributed by atoms with Crippen LogP contribution in [0.4, 0.5) is 4.39 Å². The molecule has 0 bridgehead atoms. The zero-order valence-corrected chi connectivity index (χ0v) is 8.61. The van der Waals surface area contributed by atoms with E-state index in [0.29, 0.717) is 18.8 Å². The van der Waals surface area contributed by atoms with Crippen LogP contribution in [0.25, 0.3) is 0 Å². The van der Waals surface area contributed by atoms with Crippen molar-refractivity contribution in [3.8, 4) is 0 Å².